The largest absolute Gasteiger partial charge is 0.444 e. The average Bonchev–Trinajstić information content (AvgIpc) is 2.60. The van der Waals surface area contributed by atoms with E-state index in [9.17, 15) is 4.79 Å². The number of likely N-dealkylation sites (tertiary alicyclic amines) is 1. The van der Waals surface area contributed by atoms with Crippen molar-refractivity contribution < 1.29 is 9.53 Å². The number of likely N-dealkylation sites (N-methyl/N-ethyl adjacent to an activating group) is 1. The van der Waals surface area contributed by atoms with Crippen molar-refractivity contribution in [2.75, 3.05) is 33.2 Å². The summed E-state index contributed by atoms with van der Waals surface area (Å²) < 4.78 is 5.48. The lowest BCUT2D eigenvalue weighted by Gasteiger charge is -2.36. The second kappa shape index (κ2) is 10.3. The maximum Gasteiger partial charge on any atom is 0.408 e. The van der Waals surface area contributed by atoms with Crippen molar-refractivity contribution in [3.8, 4) is 0 Å². The van der Waals surface area contributed by atoms with Crippen molar-refractivity contribution in [2.24, 2.45) is 5.92 Å². The summed E-state index contributed by atoms with van der Waals surface area (Å²) in [5.41, 5.74) is 0.608. The Labute approximate surface area is 171 Å². The molecule has 0 saturated carbocycles. The molecular formula is C23H39N3O2. The summed E-state index contributed by atoms with van der Waals surface area (Å²) in [7, 11) is 2.15. The third kappa shape index (κ3) is 7.80. The van der Waals surface area contributed by atoms with Gasteiger partial charge in [-0.25, -0.2) is 4.79 Å². The Morgan fingerprint density at radius 1 is 1.21 bits per heavy atom. The molecule has 1 aliphatic heterocycles. The van der Waals surface area contributed by atoms with Gasteiger partial charge in [0.15, 0.2) is 0 Å². The van der Waals surface area contributed by atoms with Gasteiger partial charge in [0.25, 0.3) is 0 Å². The Kier molecular flexibility index (Phi) is 8.32. The number of amides is 1. The molecule has 1 saturated heterocycles. The van der Waals surface area contributed by atoms with Crippen LogP contribution in [0, 0.1) is 5.92 Å². The molecule has 1 aromatic rings. The highest BCUT2D eigenvalue weighted by molar-refractivity contribution is 5.68. The van der Waals surface area contributed by atoms with Crippen molar-refractivity contribution >= 4 is 6.09 Å². The lowest BCUT2D eigenvalue weighted by Crippen LogP contribution is -2.43. The third-order valence-corrected chi connectivity index (χ3v) is 5.34. The zero-order chi connectivity index (χ0) is 20.7. The highest BCUT2D eigenvalue weighted by Crippen LogP contribution is 2.21. The molecule has 0 radical (unpaired) electrons. The van der Waals surface area contributed by atoms with Gasteiger partial charge < -0.3 is 19.9 Å². The van der Waals surface area contributed by atoms with E-state index in [1.54, 1.807) is 0 Å². The predicted molar refractivity (Wildman–Crippen MR) is 115 cm³/mol. The van der Waals surface area contributed by atoms with Crippen LogP contribution in [0.4, 0.5) is 4.79 Å². The summed E-state index contributed by atoms with van der Waals surface area (Å²) in [5, 5.41) is 3.07. The number of rotatable bonds is 7. The summed E-state index contributed by atoms with van der Waals surface area (Å²) in [6, 6.07) is 10.7. The van der Waals surface area contributed by atoms with Gasteiger partial charge in [0.05, 0.1) is 6.04 Å². The van der Waals surface area contributed by atoms with Crippen molar-refractivity contribution in [3.05, 3.63) is 35.9 Å². The van der Waals surface area contributed by atoms with Crippen molar-refractivity contribution in [2.45, 2.75) is 65.1 Å². The first-order valence-electron chi connectivity index (χ1n) is 10.6. The van der Waals surface area contributed by atoms with E-state index in [-0.39, 0.29) is 12.1 Å². The number of nitrogens with zero attached hydrogens (tertiary/aromatic N) is 2. The van der Waals surface area contributed by atoms with Gasteiger partial charge in [0.1, 0.15) is 5.60 Å². The van der Waals surface area contributed by atoms with Crippen LogP contribution in [0.25, 0.3) is 0 Å². The van der Waals surface area contributed by atoms with E-state index >= 15 is 0 Å². The number of ether oxygens (including phenoxy) is 1. The van der Waals surface area contributed by atoms with Crippen molar-refractivity contribution in [1.82, 2.24) is 15.1 Å². The third-order valence-electron chi connectivity index (χ3n) is 5.34. The number of hydrogen-bond donors (Lipinski definition) is 1. The van der Waals surface area contributed by atoms with Gasteiger partial charge in [-0.1, -0.05) is 30.3 Å². The van der Waals surface area contributed by atoms with E-state index in [1.165, 1.54) is 25.9 Å². The van der Waals surface area contributed by atoms with E-state index in [2.05, 4.69) is 48.1 Å². The molecule has 0 aliphatic carbocycles. The number of carbonyl (C=O) groups is 1. The van der Waals surface area contributed by atoms with Crippen LogP contribution in [0.3, 0.4) is 0 Å². The number of hydrogen-bond acceptors (Lipinski definition) is 4. The fourth-order valence-corrected chi connectivity index (χ4v) is 3.85. The topological polar surface area (TPSA) is 44.8 Å². The van der Waals surface area contributed by atoms with Crippen LogP contribution in [-0.2, 0) is 4.74 Å². The zero-order valence-corrected chi connectivity index (χ0v) is 18.6. The van der Waals surface area contributed by atoms with Crippen molar-refractivity contribution in [3.63, 3.8) is 0 Å². The summed E-state index contributed by atoms with van der Waals surface area (Å²) in [5.74, 6) is 0.720. The molecule has 1 amide bonds. The van der Waals surface area contributed by atoms with Gasteiger partial charge >= 0.3 is 6.09 Å². The maximum atomic E-state index is 12.4. The quantitative estimate of drug-likeness (QED) is 0.755. The highest BCUT2D eigenvalue weighted by Gasteiger charge is 2.25. The normalized spacial score (nSPS) is 17.7. The second-order valence-electron chi connectivity index (χ2n) is 9.40. The van der Waals surface area contributed by atoms with E-state index in [1.807, 2.05) is 39.0 Å². The number of alkyl carbamates (subject to hydrolysis) is 1. The minimum Gasteiger partial charge on any atom is -0.444 e. The van der Waals surface area contributed by atoms with Gasteiger partial charge in [0, 0.05) is 19.1 Å². The standard InChI is InChI=1S/C23H39N3O2/c1-18(2)26-14-12-19(13-15-26)16-25(6)17-21(20-10-8-7-9-11-20)24-22(27)28-23(3,4)5/h7-11,18-19,21H,12-17H2,1-6H3,(H,24,27)/t21-/m0/s1. The van der Waals surface area contributed by atoms with E-state index in [4.69, 9.17) is 4.74 Å². The molecule has 1 aliphatic rings. The van der Waals surface area contributed by atoms with E-state index in [0.717, 1.165) is 24.6 Å². The predicted octanol–water partition coefficient (Wildman–Crippen LogP) is 4.30. The Morgan fingerprint density at radius 3 is 2.36 bits per heavy atom. The molecule has 1 atom stereocenters. The van der Waals surface area contributed by atoms with E-state index in [0.29, 0.717) is 6.04 Å². The molecule has 0 aromatic heterocycles. The molecule has 1 heterocycles. The monoisotopic (exact) mass is 389 g/mol. The summed E-state index contributed by atoms with van der Waals surface area (Å²) >= 11 is 0. The first-order valence-corrected chi connectivity index (χ1v) is 10.6. The molecule has 1 fully saturated rings. The Bertz CT molecular complexity index is 590. The fourth-order valence-electron chi connectivity index (χ4n) is 3.85. The van der Waals surface area contributed by atoms with Gasteiger partial charge in [-0.05, 0) is 79.1 Å². The molecule has 158 valence electrons. The van der Waals surface area contributed by atoms with Crippen molar-refractivity contribution in [1.29, 1.82) is 0 Å². The summed E-state index contributed by atoms with van der Waals surface area (Å²) in [4.78, 5) is 17.3. The molecule has 2 rings (SSSR count). The molecule has 1 aromatic carbocycles. The summed E-state index contributed by atoms with van der Waals surface area (Å²) in [6.45, 7) is 14.4. The Morgan fingerprint density at radius 2 is 1.82 bits per heavy atom. The highest BCUT2D eigenvalue weighted by atomic mass is 16.6. The van der Waals surface area contributed by atoms with Crippen LogP contribution in [-0.4, -0.2) is 60.8 Å². The number of carbonyl (C=O) groups excluding carboxylic acids is 1. The first kappa shape index (κ1) is 22.7. The molecule has 1 N–H and O–H groups in total. The maximum absolute atomic E-state index is 12.4. The molecule has 28 heavy (non-hydrogen) atoms. The Balaban J connectivity index is 1.93. The van der Waals surface area contributed by atoms with E-state index < -0.39 is 5.60 Å². The second-order valence-corrected chi connectivity index (χ2v) is 9.40. The minimum atomic E-state index is -0.498. The molecular weight excluding hydrogens is 350 g/mol. The molecule has 5 heteroatoms. The van der Waals surface area contributed by atoms with Crippen LogP contribution in [0.5, 0.6) is 0 Å². The lowest BCUT2D eigenvalue weighted by molar-refractivity contribution is 0.0489. The number of benzene rings is 1. The van der Waals surface area contributed by atoms with Gasteiger partial charge in [-0.3, -0.25) is 0 Å². The fraction of sp³-hybridized carbons (Fsp3) is 0.696. The molecule has 5 nitrogen and oxygen atoms in total. The van der Waals surface area contributed by atoms with Crippen LogP contribution in [0.15, 0.2) is 30.3 Å². The zero-order valence-electron chi connectivity index (χ0n) is 18.6. The smallest absolute Gasteiger partial charge is 0.408 e. The number of nitrogens with one attached hydrogen (secondary N) is 1. The van der Waals surface area contributed by atoms with Crippen LogP contribution >= 0.6 is 0 Å². The van der Waals surface area contributed by atoms with Crippen LogP contribution < -0.4 is 5.32 Å². The minimum absolute atomic E-state index is 0.0863. The molecule has 0 unspecified atom stereocenters. The summed E-state index contributed by atoms with van der Waals surface area (Å²) in [6.07, 6.45) is 2.13. The van der Waals surface area contributed by atoms with Gasteiger partial charge in [-0.15, -0.1) is 0 Å². The van der Waals surface area contributed by atoms with Crippen LogP contribution in [0.2, 0.25) is 0 Å². The first-order chi connectivity index (χ1) is 13.1. The SMILES string of the molecule is CC(C)N1CCC(CN(C)C[C@H](NC(=O)OC(C)(C)C)c2ccccc2)CC1. The van der Waals surface area contributed by atoms with Gasteiger partial charge in [-0.2, -0.15) is 0 Å². The Hall–Kier alpha value is -1.59. The average molecular weight is 390 g/mol. The lowest BCUT2D eigenvalue weighted by atomic mass is 9.95. The number of piperidine rings is 1. The molecule has 0 bridgehead atoms. The van der Waals surface area contributed by atoms with Crippen LogP contribution in [0.1, 0.15) is 59.1 Å². The van der Waals surface area contributed by atoms with Gasteiger partial charge in [0.2, 0.25) is 0 Å². The molecule has 0 spiro atoms.